The van der Waals surface area contributed by atoms with Crippen LogP contribution in [0.3, 0.4) is 0 Å². The maximum atomic E-state index is 11.3. The maximum absolute atomic E-state index is 11.3. The SMILES string of the molecule is Cc1cc2cc(Oc3ccnc(N(N)c4cccc(OCCS(C)(=O)=O)c4)n3)ccc2[nH]1. The highest BCUT2D eigenvalue weighted by atomic mass is 32.2. The highest BCUT2D eigenvalue weighted by molar-refractivity contribution is 7.90. The van der Waals surface area contributed by atoms with Crippen molar-refractivity contribution in [2.24, 2.45) is 5.84 Å². The van der Waals surface area contributed by atoms with Crippen molar-refractivity contribution in [2.75, 3.05) is 23.6 Å². The standard InChI is InChI=1S/C22H23N5O4S/c1-15-12-16-13-19(6-7-20(16)25-15)31-21-8-9-24-22(26-21)27(23)17-4-3-5-18(14-17)30-10-11-32(2,28)29/h3-9,12-14,25H,10-11,23H2,1-2H3. The number of nitrogens with two attached hydrogens (primary N) is 1. The summed E-state index contributed by atoms with van der Waals surface area (Å²) in [6.45, 7) is 2.05. The zero-order chi connectivity index (χ0) is 22.7. The van der Waals surface area contributed by atoms with E-state index in [9.17, 15) is 8.42 Å². The molecular weight excluding hydrogens is 430 g/mol. The molecule has 2 aromatic heterocycles. The fourth-order valence-corrected chi connectivity index (χ4v) is 3.48. The Morgan fingerprint density at radius 1 is 1.09 bits per heavy atom. The molecule has 2 heterocycles. The Balaban J connectivity index is 1.49. The van der Waals surface area contributed by atoms with E-state index in [1.165, 1.54) is 5.01 Å². The minimum atomic E-state index is -3.10. The lowest BCUT2D eigenvalue weighted by atomic mass is 10.2. The van der Waals surface area contributed by atoms with E-state index in [1.54, 1.807) is 36.5 Å². The molecule has 32 heavy (non-hydrogen) atoms. The summed E-state index contributed by atoms with van der Waals surface area (Å²) in [6, 6.07) is 16.3. The van der Waals surface area contributed by atoms with Gasteiger partial charge < -0.3 is 14.5 Å². The van der Waals surface area contributed by atoms with Gasteiger partial charge in [0.1, 0.15) is 18.1 Å². The summed E-state index contributed by atoms with van der Waals surface area (Å²) >= 11 is 0. The van der Waals surface area contributed by atoms with Crippen molar-refractivity contribution in [1.29, 1.82) is 0 Å². The topological polar surface area (TPSA) is 123 Å². The molecule has 0 aliphatic heterocycles. The Labute approximate surface area is 185 Å². The molecule has 0 radical (unpaired) electrons. The summed E-state index contributed by atoms with van der Waals surface area (Å²) in [4.78, 5) is 11.9. The fraction of sp³-hybridized carbons (Fsp3) is 0.182. The van der Waals surface area contributed by atoms with Gasteiger partial charge in [-0.2, -0.15) is 4.98 Å². The maximum Gasteiger partial charge on any atom is 0.247 e. The Morgan fingerprint density at radius 3 is 2.75 bits per heavy atom. The van der Waals surface area contributed by atoms with Crippen LogP contribution in [0.5, 0.6) is 17.4 Å². The van der Waals surface area contributed by atoms with Crippen molar-refractivity contribution in [2.45, 2.75) is 6.92 Å². The highest BCUT2D eigenvalue weighted by Gasteiger charge is 2.12. The summed E-state index contributed by atoms with van der Waals surface area (Å²) in [6.07, 6.45) is 2.72. The number of sulfone groups is 1. The number of hydrogen-bond acceptors (Lipinski definition) is 8. The fourth-order valence-electron chi connectivity index (χ4n) is 3.09. The van der Waals surface area contributed by atoms with Crippen LogP contribution in [0.1, 0.15) is 5.69 Å². The number of anilines is 2. The van der Waals surface area contributed by atoms with E-state index >= 15 is 0 Å². The van der Waals surface area contributed by atoms with Gasteiger partial charge in [0, 0.05) is 41.2 Å². The first-order valence-corrected chi connectivity index (χ1v) is 11.9. The predicted molar refractivity (Wildman–Crippen MR) is 123 cm³/mol. The molecule has 9 nitrogen and oxygen atoms in total. The molecule has 0 saturated carbocycles. The number of nitrogens with zero attached hydrogens (tertiary/aromatic N) is 3. The van der Waals surface area contributed by atoms with Crippen LogP contribution in [-0.4, -0.2) is 42.0 Å². The van der Waals surface area contributed by atoms with Crippen LogP contribution in [0.2, 0.25) is 0 Å². The first kappa shape index (κ1) is 21.6. The van der Waals surface area contributed by atoms with Crippen LogP contribution < -0.4 is 20.3 Å². The number of aromatic nitrogens is 3. The number of H-pyrrole nitrogens is 1. The number of aryl methyl sites for hydroxylation is 1. The van der Waals surface area contributed by atoms with Crippen molar-refractivity contribution >= 4 is 32.4 Å². The second-order valence-corrected chi connectivity index (χ2v) is 9.60. The molecule has 0 unspecified atom stereocenters. The molecule has 0 atom stereocenters. The lowest BCUT2D eigenvalue weighted by Crippen LogP contribution is -2.27. The lowest BCUT2D eigenvalue weighted by molar-refractivity contribution is 0.341. The average molecular weight is 454 g/mol. The zero-order valence-electron chi connectivity index (χ0n) is 17.6. The molecule has 0 saturated heterocycles. The van der Waals surface area contributed by atoms with Crippen LogP contribution in [0.25, 0.3) is 10.9 Å². The van der Waals surface area contributed by atoms with Crippen molar-refractivity contribution in [3.8, 4) is 17.4 Å². The summed E-state index contributed by atoms with van der Waals surface area (Å²) in [5, 5.41) is 2.34. The predicted octanol–water partition coefficient (Wildman–Crippen LogP) is 3.49. The zero-order valence-corrected chi connectivity index (χ0v) is 18.5. The molecule has 10 heteroatoms. The Bertz CT molecular complexity index is 1350. The normalized spacial score (nSPS) is 11.5. The molecule has 2 aromatic carbocycles. The molecule has 4 rings (SSSR count). The van der Waals surface area contributed by atoms with Gasteiger partial charge in [0.05, 0.1) is 11.4 Å². The third kappa shape index (κ3) is 5.34. The van der Waals surface area contributed by atoms with Crippen LogP contribution in [0.15, 0.2) is 60.8 Å². The van der Waals surface area contributed by atoms with E-state index in [1.807, 2.05) is 31.2 Å². The quantitative estimate of drug-likeness (QED) is 0.307. The van der Waals surface area contributed by atoms with Gasteiger partial charge in [-0.3, -0.25) is 0 Å². The lowest BCUT2D eigenvalue weighted by Gasteiger charge is -2.18. The van der Waals surface area contributed by atoms with E-state index in [4.69, 9.17) is 15.3 Å². The monoisotopic (exact) mass is 453 g/mol. The van der Waals surface area contributed by atoms with Gasteiger partial charge in [-0.1, -0.05) is 6.07 Å². The summed E-state index contributed by atoms with van der Waals surface area (Å²) in [5.41, 5.74) is 2.68. The number of rotatable bonds is 8. The first-order chi connectivity index (χ1) is 15.3. The minimum absolute atomic E-state index is 0.0533. The van der Waals surface area contributed by atoms with E-state index < -0.39 is 9.84 Å². The van der Waals surface area contributed by atoms with Crippen LogP contribution in [0, 0.1) is 6.92 Å². The number of ether oxygens (including phenoxy) is 2. The molecule has 0 fully saturated rings. The number of hydrogen-bond donors (Lipinski definition) is 2. The molecule has 0 spiro atoms. The van der Waals surface area contributed by atoms with Crippen molar-refractivity contribution in [1.82, 2.24) is 15.0 Å². The number of benzene rings is 2. The molecule has 0 amide bonds. The first-order valence-electron chi connectivity index (χ1n) is 9.82. The second kappa shape index (κ2) is 8.85. The van der Waals surface area contributed by atoms with Crippen LogP contribution in [-0.2, 0) is 9.84 Å². The molecule has 0 aliphatic rings. The summed E-state index contributed by atoms with van der Waals surface area (Å²) in [7, 11) is -3.10. The van der Waals surface area contributed by atoms with Gasteiger partial charge >= 0.3 is 0 Å². The van der Waals surface area contributed by atoms with Gasteiger partial charge in [-0.25, -0.2) is 24.3 Å². The van der Waals surface area contributed by atoms with Crippen molar-refractivity contribution in [3.63, 3.8) is 0 Å². The highest BCUT2D eigenvalue weighted by Crippen LogP contribution is 2.27. The van der Waals surface area contributed by atoms with Gasteiger partial charge in [-0.15, -0.1) is 0 Å². The van der Waals surface area contributed by atoms with E-state index in [-0.39, 0.29) is 18.3 Å². The number of fused-ring (bicyclic) bond motifs is 1. The smallest absolute Gasteiger partial charge is 0.247 e. The van der Waals surface area contributed by atoms with Gasteiger partial charge in [-0.05, 0) is 43.3 Å². The summed E-state index contributed by atoms with van der Waals surface area (Å²) in [5.74, 6) is 7.86. The van der Waals surface area contributed by atoms with Gasteiger partial charge in [0.2, 0.25) is 11.8 Å². The second-order valence-electron chi connectivity index (χ2n) is 7.34. The van der Waals surface area contributed by atoms with Crippen molar-refractivity contribution < 1.29 is 17.9 Å². The molecule has 0 bridgehead atoms. The van der Waals surface area contributed by atoms with Crippen LogP contribution >= 0.6 is 0 Å². The van der Waals surface area contributed by atoms with Crippen molar-refractivity contribution in [3.05, 3.63) is 66.5 Å². The minimum Gasteiger partial charge on any atom is -0.492 e. The Hall–Kier alpha value is -3.63. The average Bonchev–Trinajstić information content (AvgIpc) is 3.12. The molecule has 4 aromatic rings. The number of hydrazine groups is 1. The molecular formula is C22H23N5O4S. The molecule has 166 valence electrons. The largest absolute Gasteiger partial charge is 0.492 e. The molecule has 0 aliphatic carbocycles. The third-order valence-corrected chi connectivity index (χ3v) is 5.51. The third-order valence-electron chi connectivity index (χ3n) is 4.60. The number of aromatic amines is 1. The molecule has 3 N–H and O–H groups in total. The number of nitrogens with one attached hydrogen (secondary N) is 1. The van der Waals surface area contributed by atoms with E-state index in [0.29, 0.717) is 23.1 Å². The van der Waals surface area contributed by atoms with Crippen LogP contribution in [0.4, 0.5) is 11.6 Å². The Kier molecular flexibility index (Phi) is 5.97. The van der Waals surface area contributed by atoms with E-state index in [0.717, 1.165) is 22.9 Å². The Morgan fingerprint density at radius 2 is 1.94 bits per heavy atom. The van der Waals surface area contributed by atoms with Gasteiger partial charge in [0.15, 0.2) is 9.84 Å². The van der Waals surface area contributed by atoms with E-state index in [2.05, 4.69) is 15.0 Å². The summed E-state index contributed by atoms with van der Waals surface area (Å²) < 4.78 is 34.0. The van der Waals surface area contributed by atoms with Gasteiger partial charge in [0.25, 0.3) is 0 Å².